The van der Waals surface area contributed by atoms with Crippen molar-refractivity contribution < 1.29 is 13.2 Å². The minimum atomic E-state index is -0.659. The Balaban J connectivity index is 2.38. The highest BCUT2D eigenvalue weighted by Crippen LogP contribution is 2.28. The van der Waals surface area contributed by atoms with Crippen molar-refractivity contribution in [1.82, 2.24) is 5.32 Å². The molecule has 0 amide bonds. The van der Waals surface area contributed by atoms with Crippen molar-refractivity contribution in [1.29, 1.82) is 0 Å². The summed E-state index contributed by atoms with van der Waals surface area (Å²) in [4.78, 5) is 0. The maximum atomic E-state index is 14.0. The Morgan fingerprint density at radius 2 is 1.76 bits per heavy atom. The van der Waals surface area contributed by atoms with Gasteiger partial charge in [0.15, 0.2) is 0 Å². The summed E-state index contributed by atoms with van der Waals surface area (Å²) in [6.07, 6.45) is 0.00611. The molecule has 0 saturated carbocycles. The number of nitrogens with one attached hydrogen (secondary N) is 1. The largest absolute Gasteiger partial charge is 0.313 e. The van der Waals surface area contributed by atoms with Crippen molar-refractivity contribution in [2.45, 2.75) is 12.5 Å². The molecule has 0 spiro atoms. The Kier molecular flexibility index (Phi) is 5.46. The van der Waals surface area contributed by atoms with Crippen molar-refractivity contribution in [3.05, 3.63) is 67.9 Å². The quantitative estimate of drug-likeness (QED) is 0.673. The lowest BCUT2D eigenvalue weighted by atomic mass is 9.98. The highest BCUT2D eigenvalue weighted by Gasteiger charge is 2.20. The Morgan fingerprint density at radius 1 is 1.05 bits per heavy atom. The van der Waals surface area contributed by atoms with Gasteiger partial charge in [0.2, 0.25) is 0 Å². The first-order valence-corrected chi connectivity index (χ1v) is 7.77. The molecule has 1 atom stereocenters. The molecule has 1 unspecified atom stereocenters. The van der Waals surface area contributed by atoms with Gasteiger partial charge in [0.25, 0.3) is 0 Å². The molecule has 0 saturated heterocycles. The zero-order chi connectivity index (χ0) is 15.6. The zero-order valence-corrected chi connectivity index (χ0v) is 14.2. The van der Waals surface area contributed by atoms with E-state index >= 15 is 0 Å². The van der Waals surface area contributed by atoms with Crippen LogP contribution in [-0.2, 0) is 6.42 Å². The lowest BCUT2D eigenvalue weighted by Crippen LogP contribution is -2.21. The Bertz CT molecular complexity index is 662. The predicted octanol–water partition coefficient (Wildman–Crippen LogP) is 5.13. The van der Waals surface area contributed by atoms with E-state index in [0.29, 0.717) is 10.0 Å². The van der Waals surface area contributed by atoms with E-state index in [2.05, 4.69) is 37.2 Å². The van der Waals surface area contributed by atoms with Gasteiger partial charge in [-0.15, -0.1) is 0 Å². The minimum Gasteiger partial charge on any atom is -0.313 e. The highest BCUT2D eigenvalue weighted by molar-refractivity contribution is 9.10. The van der Waals surface area contributed by atoms with E-state index in [-0.39, 0.29) is 16.5 Å². The van der Waals surface area contributed by atoms with Crippen LogP contribution in [0, 0.1) is 17.5 Å². The first-order valence-electron chi connectivity index (χ1n) is 6.18. The summed E-state index contributed by atoms with van der Waals surface area (Å²) in [5.74, 6) is -1.74. The summed E-state index contributed by atoms with van der Waals surface area (Å²) in [7, 11) is 1.62. The molecule has 1 nitrogen and oxygen atoms in total. The third kappa shape index (κ3) is 3.67. The van der Waals surface area contributed by atoms with Gasteiger partial charge in [0, 0.05) is 21.6 Å². The number of hydrogen-bond donors (Lipinski definition) is 1. The average Bonchev–Trinajstić information content (AvgIpc) is 2.44. The van der Waals surface area contributed by atoms with Crippen LogP contribution < -0.4 is 5.32 Å². The van der Waals surface area contributed by atoms with E-state index in [4.69, 9.17) is 0 Å². The monoisotopic (exact) mass is 421 g/mol. The fourth-order valence-electron chi connectivity index (χ4n) is 2.11. The van der Waals surface area contributed by atoms with Gasteiger partial charge in [-0.2, -0.15) is 0 Å². The highest BCUT2D eigenvalue weighted by atomic mass is 79.9. The van der Waals surface area contributed by atoms with Gasteiger partial charge in [-0.1, -0.05) is 22.0 Å². The van der Waals surface area contributed by atoms with Crippen LogP contribution in [0.1, 0.15) is 17.2 Å². The van der Waals surface area contributed by atoms with E-state index in [0.717, 1.165) is 0 Å². The molecule has 0 radical (unpaired) electrons. The van der Waals surface area contributed by atoms with Crippen LogP contribution in [0.3, 0.4) is 0 Å². The third-order valence-corrected chi connectivity index (χ3v) is 4.34. The smallest absolute Gasteiger partial charge is 0.143 e. The van der Waals surface area contributed by atoms with Gasteiger partial charge in [0.05, 0.1) is 4.47 Å². The van der Waals surface area contributed by atoms with Crippen LogP contribution in [0.2, 0.25) is 0 Å². The van der Waals surface area contributed by atoms with Crippen LogP contribution in [0.5, 0.6) is 0 Å². The predicted molar refractivity (Wildman–Crippen MR) is 83.7 cm³/mol. The van der Waals surface area contributed by atoms with Gasteiger partial charge in [-0.25, -0.2) is 13.2 Å². The SMILES string of the molecule is CNC(Cc1c(F)ccc(Br)c1F)c1ccc(Br)cc1F. The van der Waals surface area contributed by atoms with Crippen molar-refractivity contribution in [3.8, 4) is 0 Å². The average molecular weight is 423 g/mol. The van der Waals surface area contributed by atoms with Crippen LogP contribution in [-0.4, -0.2) is 7.05 Å². The molecule has 0 bridgehead atoms. The molecule has 21 heavy (non-hydrogen) atoms. The van der Waals surface area contributed by atoms with E-state index in [1.54, 1.807) is 19.2 Å². The van der Waals surface area contributed by atoms with Crippen LogP contribution in [0.15, 0.2) is 39.3 Å². The van der Waals surface area contributed by atoms with Gasteiger partial charge < -0.3 is 5.32 Å². The second kappa shape index (κ2) is 6.94. The standard InChI is InChI=1S/C15H12Br2F3N/c1-21-14(9-3-2-8(16)6-13(9)19)7-10-12(18)5-4-11(17)15(10)20/h2-6,14,21H,7H2,1H3. The summed E-state index contributed by atoms with van der Waals surface area (Å²) in [5, 5.41) is 2.90. The maximum absolute atomic E-state index is 14.0. The molecule has 2 aromatic rings. The summed E-state index contributed by atoms with van der Waals surface area (Å²) < 4.78 is 42.6. The second-order valence-corrected chi connectivity index (χ2v) is 6.30. The first kappa shape index (κ1) is 16.5. The normalized spacial score (nSPS) is 12.5. The van der Waals surface area contributed by atoms with Crippen LogP contribution in [0.25, 0.3) is 0 Å². The molecule has 6 heteroatoms. The van der Waals surface area contributed by atoms with E-state index in [1.165, 1.54) is 18.2 Å². The molecular formula is C15H12Br2F3N. The summed E-state index contributed by atoms with van der Waals surface area (Å²) in [5.41, 5.74) is 0.283. The number of halogens is 5. The van der Waals surface area contributed by atoms with Crippen molar-refractivity contribution in [2.75, 3.05) is 7.05 Å². The molecule has 0 aliphatic heterocycles. The summed E-state index contributed by atoms with van der Waals surface area (Å²) in [6.45, 7) is 0. The third-order valence-electron chi connectivity index (χ3n) is 3.23. The van der Waals surface area contributed by atoms with Crippen molar-refractivity contribution >= 4 is 31.9 Å². The summed E-state index contributed by atoms with van der Waals surface area (Å²) >= 11 is 6.21. The number of hydrogen-bond acceptors (Lipinski definition) is 1. The lowest BCUT2D eigenvalue weighted by Gasteiger charge is -2.18. The molecule has 0 aliphatic rings. The van der Waals surface area contributed by atoms with Gasteiger partial charge >= 0.3 is 0 Å². The molecule has 0 aromatic heterocycles. The maximum Gasteiger partial charge on any atom is 0.143 e. The number of likely N-dealkylation sites (N-methyl/N-ethyl adjacent to an activating group) is 1. The zero-order valence-electron chi connectivity index (χ0n) is 11.1. The molecule has 2 rings (SSSR count). The first-order chi connectivity index (χ1) is 9.93. The molecule has 0 fully saturated rings. The number of benzene rings is 2. The lowest BCUT2D eigenvalue weighted by molar-refractivity contribution is 0.495. The molecule has 112 valence electrons. The van der Waals surface area contributed by atoms with E-state index < -0.39 is 23.5 Å². The summed E-state index contributed by atoms with van der Waals surface area (Å²) in [6, 6.07) is 6.57. The molecule has 0 aliphatic carbocycles. The van der Waals surface area contributed by atoms with Gasteiger partial charge in [0.1, 0.15) is 17.5 Å². The minimum absolute atomic E-state index is 0.00611. The van der Waals surface area contributed by atoms with Crippen LogP contribution in [0.4, 0.5) is 13.2 Å². The fraction of sp³-hybridized carbons (Fsp3) is 0.200. The van der Waals surface area contributed by atoms with Gasteiger partial charge in [-0.05, 0) is 53.7 Å². The fourth-order valence-corrected chi connectivity index (χ4v) is 2.82. The topological polar surface area (TPSA) is 12.0 Å². The van der Waals surface area contributed by atoms with E-state index in [1.807, 2.05) is 0 Å². The molecular weight excluding hydrogens is 411 g/mol. The van der Waals surface area contributed by atoms with E-state index in [9.17, 15) is 13.2 Å². The van der Waals surface area contributed by atoms with Crippen molar-refractivity contribution in [2.24, 2.45) is 0 Å². The van der Waals surface area contributed by atoms with Gasteiger partial charge in [-0.3, -0.25) is 0 Å². The molecule has 1 N–H and O–H groups in total. The molecule has 2 aromatic carbocycles. The Labute approximate surface area is 137 Å². The number of rotatable bonds is 4. The second-order valence-electron chi connectivity index (χ2n) is 4.53. The Morgan fingerprint density at radius 3 is 2.38 bits per heavy atom. The van der Waals surface area contributed by atoms with Crippen LogP contribution >= 0.6 is 31.9 Å². The Hall–Kier alpha value is -0.850. The van der Waals surface area contributed by atoms with Crippen molar-refractivity contribution in [3.63, 3.8) is 0 Å². The molecule has 0 heterocycles.